The first-order valence-electron chi connectivity index (χ1n) is 7.16. The third-order valence-electron chi connectivity index (χ3n) is 3.54. The fourth-order valence-electron chi connectivity index (χ4n) is 2.33. The van der Waals surface area contributed by atoms with Crippen molar-refractivity contribution in [3.8, 4) is 28.3 Å². The van der Waals surface area contributed by atoms with E-state index in [0.29, 0.717) is 5.02 Å². The van der Waals surface area contributed by atoms with E-state index in [1.807, 2.05) is 48.5 Å². The summed E-state index contributed by atoms with van der Waals surface area (Å²) in [5.74, 6) is 0.838. The fourth-order valence-corrected chi connectivity index (χ4v) is 2.98. The first kappa shape index (κ1) is 15.9. The van der Waals surface area contributed by atoms with Gasteiger partial charge in [-0.3, -0.25) is 0 Å². The van der Waals surface area contributed by atoms with E-state index in [-0.39, 0.29) is 0 Å². The maximum absolute atomic E-state index is 6.11. The predicted molar refractivity (Wildman–Crippen MR) is 98.5 cm³/mol. The number of pyridine rings is 1. The van der Waals surface area contributed by atoms with Gasteiger partial charge in [0.2, 0.25) is 0 Å². The molecule has 1 aromatic heterocycles. The van der Waals surface area contributed by atoms with Crippen LogP contribution in [0.4, 0.5) is 0 Å². The molecule has 0 aliphatic heterocycles. The zero-order chi connectivity index (χ0) is 16.2. The summed E-state index contributed by atoms with van der Waals surface area (Å²) in [6.07, 6.45) is 2.06. The Bertz CT molecular complexity index is 818. The van der Waals surface area contributed by atoms with Crippen LogP contribution in [-0.2, 0) is 0 Å². The van der Waals surface area contributed by atoms with Gasteiger partial charge in [0.25, 0.3) is 0 Å². The van der Waals surface area contributed by atoms with Crippen molar-refractivity contribution in [2.24, 2.45) is 0 Å². The summed E-state index contributed by atoms with van der Waals surface area (Å²) in [6.45, 7) is 0. The average Bonchev–Trinajstić information content (AvgIpc) is 2.61. The molecule has 0 saturated carbocycles. The summed E-state index contributed by atoms with van der Waals surface area (Å²) in [5, 5.41) is 0.713. The SMILES string of the molecule is COc1ccc(-c2cc(SC)cc(-c3cccc(Cl)c3)n2)cc1. The highest BCUT2D eigenvalue weighted by Gasteiger charge is 2.08. The van der Waals surface area contributed by atoms with E-state index in [0.717, 1.165) is 28.3 Å². The van der Waals surface area contributed by atoms with Crippen molar-refractivity contribution >= 4 is 23.4 Å². The molecule has 23 heavy (non-hydrogen) atoms. The van der Waals surface area contributed by atoms with Crippen LogP contribution in [0.3, 0.4) is 0 Å². The minimum absolute atomic E-state index is 0.713. The first-order chi connectivity index (χ1) is 11.2. The van der Waals surface area contributed by atoms with Crippen molar-refractivity contribution in [3.05, 3.63) is 65.7 Å². The molecule has 4 heteroatoms. The second-order valence-corrected chi connectivity index (χ2v) is 6.33. The van der Waals surface area contributed by atoms with Gasteiger partial charge >= 0.3 is 0 Å². The molecule has 0 unspecified atom stereocenters. The third-order valence-corrected chi connectivity index (χ3v) is 4.48. The second kappa shape index (κ2) is 7.07. The van der Waals surface area contributed by atoms with Crippen LogP contribution in [0, 0.1) is 0 Å². The molecule has 0 radical (unpaired) electrons. The van der Waals surface area contributed by atoms with Crippen molar-refractivity contribution in [3.63, 3.8) is 0 Å². The Balaban J connectivity index is 2.08. The highest BCUT2D eigenvalue weighted by atomic mass is 35.5. The van der Waals surface area contributed by atoms with Crippen molar-refractivity contribution in [1.82, 2.24) is 4.98 Å². The molecule has 3 rings (SSSR count). The van der Waals surface area contributed by atoms with Gasteiger partial charge in [0.1, 0.15) is 5.75 Å². The molecule has 3 aromatic rings. The monoisotopic (exact) mass is 341 g/mol. The Morgan fingerprint density at radius 3 is 2.22 bits per heavy atom. The Kier molecular flexibility index (Phi) is 4.89. The van der Waals surface area contributed by atoms with Crippen molar-refractivity contribution in [2.75, 3.05) is 13.4 Å². The molecule has 0 amide bonds. The Morgan fingerprint density at radius 2 is 1.61 bits per heavy atom. The van der Waals surface area contributed by atoms with Crippen LogP contribution in [0.1, 0.15) is 0 Å². The van der Waals surface area contributed by atoms with Crippen LogP contribution in [0.15, 0.2) is 65.6 Å². The zero-order valence-corrected chi connectivity index (χ0v) is 14.5. The van der Waals surface area contributed by atoms with Crippen LogP contribution >= 0.6 is 23.4 Å². The van der Waals surface area contributed by atoms with E-state index in [1.165, 1.54) is 4.90 Å². The summed E-state index contributed by atoms with van der Waals surface area (Å²) in [6, 6.07) is 19.9. The highest BCUT2D eigenvalue weighted by Crippen LogP contribution is 2.30. The molecule has 1 heterocycles. The van der Waals surface area contributed by atoms with Crippen LogP contribution < -0.4 is 4.74 Å². The standard InChI is InChI=1S/C19H16ClNOS/c1-22-16-8-6-13(7-9-16)18-11-17(23-2)12-19(21-18)14-4-3-5-15(20)10-14/h3-12H,1-2H3. The van der Waals surface area contributed by atoms with E-state index in [4.69, 9.17) is 21.3 Å². The Hall–Kier alpha value is -1.97. The first-order valence-corrected chi connectivity index (χ1v) is 8.76. The topological polar surface area (TPSA) is 22.1 Å². The third kappa shape index (κ3) is 3.69. The lowest BCUT2D eigenvalue weighted by Gasteiger charge is -2.09. The van der Waals surface area contributed by atoms with Crippen LogP contribution in [0.25, 0.3) is 22.5 Å². The number of hydrogen-bond acceptors (Lipinski definition) is 3. The lowest BCUT2D eigenvalue weighted by Crippen LogP contribution is -1.90. The van der Waals surface area contributed by atoms with Gasteiger partial charge in [0.05, 0.1) is 18.5 Å². The summed E-state index contributed by atoms with van der Waals surface area (Å²) in [7, 11) is 1.67. The molecule has 0 aliphatic rings. The summed E-state index contributed by atoms with van der Waals surface area (Å²) in [4.78, 5) is 5.97. The van der Waals surface area contributed by atoms with Gasteiger partial charge < -0.3 is 4.74 Å². The number of benzene rings is 2. The van der Waals surface area contributed by atoms with Gasteiger partial charge in [0, 0.05) is 21.0 Å². The molecule has 0 atom stereocenters. The minimum Gasteiger partial charge on any atom is -0.497 e. The average molecular weight is 342 g/mol. The minimum atomic E-state index is 0.713. The zero-order valence-electron chi connectivity index (χ0n) is 12.9. The van der Waals surface area contributed by atoms with Gasteiger partial charge in [-0.25, -0.2) is 4.98 Å². The van der Waals surface area contributed by atoms with Crippen molar-refractivity contribution < 1.29 is 4.74 Å². The largest absolute Gasteiger partial charge is 0.497 e. The van der Waals surface area contributed by atoms with Crippen LogP contribution in [0.2, 0.25) is 5.02 Å². The number of ether oxygens (including phenoxy) is 1. The number of nitrogens with zero attached hydrogens (tertiary/aromatic N) is 1. The van der Waals surface area contributed by atoms with E-state index in [1.54, 1.807) is 18.9 Å². The Morgan fingerprint density at radius 1 is 0.913 bits per heavy atom. The molecule has 0 fully saturated rings. The van der Waals surface area contributed by atoms with Gasteiger partial charge in [-0.1, -0.05) is 23.7 Å². The van der Waals surface area contributed by atoms with Gasteiger partial charge in [-0.15, -0.1) is 11.8 Å². The van der Waals surface area contributed by atoms with Crippen molar-refractivity contribution in [2.45, 2.75) is 4.90 Å². The molecule has 0 saturated heterocycles. The number of aromatic nitrogens is 1. The normalized spacial score (nSPS) is 10.6. The number of rotatable bonds is 4. The summed E-state index contributed by atoms with van der Waals surface area (Å²) < 4.78 is 5.22. The second-order valence-electron chi connectivity index (χ2n) is 5.02. The lowest BCUT2D eigenvalue weighted by molar-refractivity contribution is 0.415. The van der Waals surface area contributed by atoms with Gasteiger partial charge in [-0.05, 0) is 54.8 Å². The van der Waals surface area contributed by atoms with Crippen LogP contribution in [-0.4, -0.2) is 18.3 Å². The van der Waals surface area contributed by atoms with Gasteiger partial charge in [0.15, 0.2) is 0 Å². The fraction of sp³-hybridized carbons (Fsp3) is 0.105. The predicted octanol–water partition coefficient (Wildman–Crippen LogP) is 5.80. The molecular weight excluding hydrogens is 326 g/mol. The van der Waals surface area contributed by atoms with Gasteiger partial charge in [-0.2, -0.15) is 0 Å². The number of halogens is 1. The molecule has 116 valence electrons. The Labute approximate surface area is 145 Å². The molecule has 2 aromatic carbocycles. The van der Waals surface area contributed by atoms with E-state index < -0.39 is 0 Å². The van der Waals surface area contributed by atoms with E-state index in [2.05, 4.69) is 18.4 Å². The summed E-state index contributed by atoms with van der Waals surface area (Å²) in [5.41, 5.74) is 3.94. The molecular formula is C19H16ClNOS. The number of methoxy groups -OCH3 is 1. The maximum Gasteiger partial charge on any atom is 0.118 e. The molecule has 0 N–H and O–H groups in total. The molecule has 0 spiro atoms. The quantitative estimate of drug-likeness (QED) is 0.560. The maximum atomic E-state index is 6.11. The smallest absolute Gasteiger partial charge is 0.118 e. The molecule has 2 nitrogen and oxygen atoms in total. The van der Waals surface area contributed by atoms with Crippen LogP contribution in [0.5, 0.6) is 5.75 Å². The van der Waals surface area contributed by atoms with Crippen molar-refractivity contribution in [1.29, 1.82) is 0 Å². The molecule has 0 bridgehead atoms. The molecule has 0 aliphatic carbocycles. The number of thioether (sulfide) groups is 1. The number of hydrogen-bond donors (Lipinski definition) is 0. The highest BCUT2D eigenvalue weighted by molar-refractivity contribution is 7.98. The lowest BCUT2D eigenvalue weighted by atomic mass is 10.1. The van der Waals surface area contributed by atoms with E-state index >= 15 is 0 Å². The summed E-state index contributed by atoms with van der Waals surface area (Å²) >= 11 is 7.81. The van der Waals surface area contributed by atoms with E-state index in [9.17, 15) is 0 Å².